The van der Waals surface area contributed by atoms with Gasteiger partial charge in [-0.15, -0.1) is 0 Å². The van der Waals surface area contributed by atoms with E-state index in [9.17, 15) is 4.79 Å². The number of hydrogen-bond donors (Lipinski definition) is 3. The molecule has 0 bridgehead atoms. The van der Waals surface area contributed by atoms with Gasteiger partial charge in [0.2, 0.25) is 5.91 Å². The monoisotopic (exact) mass is 325 g/mol. The summed E-state index contributed by atoms with van der Waals surface area (Å²) in [7, 11) is 1.64. The number of carbonyl (C=O) groups is 1. The van der Waals surface area contributed by atoms with Crippen LogP contribution < -0.4 is 20.9 Å². The Labute approximate surface area is 142 Å². The lowest BCUT2D eigenvalue weighted by molar-refractivity contribution is -0.123. The molecule has 2 aromatic carbocycles. The summed E-state index contributed by atoms with van der Waals surface area (Å²) in [6.07, 6.45) is 0.729. The van der Waals surface area contributed by atoms with E-state index in [4.69, 9.17) is 4.74 Å². The molecular formula is C19H23N3O2. The molecule has 1 saturated heterocycles. The average molecular weight is 325 g/mol. The molecule has 1 aliphatic heterocycles. The van der Waals surface area contributed by atoms with E-state index in [0.29, 0.717) is 6.54 Å². The predicted molar refractivity (Wildman–Crippen MR) is 93.4 cm³/mol. The van der Waals surface area contributed by atoms with Crippen molar-refractivity contribution < 1.29 is 9.53 Å². The molecule has 0 aliphatic carbocycles. The summed E-state index contributed by atoms with van der Waals surface area (Å²) in [5, 5.41) is 2.98. The van der Waals surface area contributed by atoms with E-state index >= 15 is 0 Å². The van der Waals surface area contributed by atoms with E-state index in [-0.39, 0.29) is 18.0 Å². The molecule has 1 fully saturated rings. The summed E-state index contributed by atoms with van der Waals surface area (Å²) in [5.74, 6) is 0.793. The Bertz CT molecular complexity index is 700. The van der Waals surface area contributed by atoms with Gasteiger partial charge in [0.15, 0.2) is 0 Å². The maximum absolute atomic E-state index is 12.4. The Morgan fingerprint density at radius 1 is 1.21 bits per heavy atom. The van der Waals surface area contributed by atoms with Gasteiger partial charge in [-0.25, -0.2) is 10.9 Å². The van der Waals surface area contributed by atoms with Gasteiger partial charge < -0.3 is 10.1 Å². The zero-order valence-corrected chi connectivity index (χ0v) is 14.0. The van der Waals surface area contributed by atoms with Crippen LogP contribution >= 0.6 is 0 Å². The number of benzene rings is 2. The normalized spacial score (nSPS) is 19.9. The first-order valence-electron chi connectivity index (χ1n) is 8.14. The third kappa shape index (κ3) is 3.93. The third-order valence-electron chi connectivity index (χ3n) is 4.30. The van der Waals surface area contributed by atoms with Crippen LogP contribution in [0.15, 0.2) is 48.5 Å². The molecule has 2 atom stereocenters. The van der Waals surface area contributed by atoms with Crippen molar-refractivity contribution in [3.05, 3.63) is 65.2 Å². The number of nitrogens with one attached hydrogen (secondary N) is 3. The quantitative estimate of drug-likeness (QED) is 0.789. The highest BCUT2D eigenvalue weighted by molar-refractivity contribution is 5.82. The fourth-order valence-corrected chi connectivity index (χ4v) is 2.84. The first kappa shape index (κ1) is 16.5. The average Bonchev–Trinajstić information content (AvgIpc) is 3.10. The number of carbonyl (C=O) groups excluding carboxylic acids is 1. The number of aryl methyl sites for hydroxylation is 1. The highest BCUT2D eigenvalue weighted by Crippen LogP contribution is 2.22. The molecule has 5 heteroatoms. The Morgan fingerprint density at radius 3 is 2.75 bits per heavy atom. The molecule has 24 heavy (non-hydrogen) atoms. The minimum absolute atomic E-state index is 0.0000634. The van der Waals surface area contributed by atoms with Gasteiger partial charge in [-0.05, 0) is 36.6 Å². The molecule has 3 N–H and O–H groups in total. The summed E-state index contributed by atoms with van der Waals surface area (Å²) in [6, 6.07) is 16.0. The van der Waals surface area contributed by atoms with Gasteiger partial charge in [0.05, 0.1) is 7.11 Å². The van der Waals surface area contributed by atoms with Crippen LogP contribution in [0.2, 0.25) is 0 Å². The second kappa shape index (κ2) is 7.47. The largest absolute Gasteiger partial charge is 0.497 e. The predicted octanol–water partition coefficient (Wildman–Crippen LogP) is 2.23. The van der Waals surface area contributed by atoms with Crippen LogP contribution in [0.5, 0.6) is 5.75 Å². The Morgan fingerprint density at radius 2 is 2.00 bits per heavy atom. The smallest absolute Gasteiger partial charge is 0.238 e. The number of hydrogen-bond acceptors (Lipinski definition) is 4. The van der Waals surface area contributed by atoms with Crippen molar-refractivity contribution in [1.29, 1.82) is 0 Å². The summed E-state index contributed by atoms with van der Waals surface area (Å²) >= 11 is 0. The third-order valence-corrected chi connectivity index (χ3v) is 4.30. The van der Waals surface area contributed by atoms with Crippen LogP contribution in [0.25, 0.3) is 0 Å². The summed E-state index contributed by atoms with van der Waals surface area (Å²) in [4.78, 5) is 12.4. The SMILES string of the molecule is COc1cccc(CNC(=O)C2CC(c3ccc(C)cc3)NN2)c1. The van der Waals surface area contributed by atoms with E-state index in [0.717, 1.165) is 17.7 Å². The maximum atomic E-state index is 12.4. The first-order chi connectivity index (χ1) is 11.7. The second-order valence-corrected chi connectivity index (χ2v) is 6.11. The lowest BCUT2D eigenvalue weighted by atomic mass is 10.0. The number of hydrazine groups is 1. The fourth-order valence-electron chi connectivity index (χ4n) is 2.84. The molecule has 0 saturated carbocycles. The van der Waals surface area contributed by atoms with E-state index in [1.165, 1.54) is 11.1 Å². The van der Waals surface area contributed by atoms with Crippen LogP contribution in [0.4, 0.5) is 0 Å². The molecule has 2 aromatic rings. The number of amides is 1. The van der Waals surface area contributed by atoms with E-state index < -0.39 is 0 Å². The van der Waals surface area contributed by atoms with Crippen molar-refractivity contribution in [3.8, 4) is 5.75 Å². The minimum Gasteiger partial charge on any atom is -0.497 e. The second-order valence-electron chi connectivity index (χ2n) is 6.11. The lowest BCUT2D eigenvalue weighted by Crippen LogP contribution is -2.42. The Kier molecular flexibility index (Phi) is 5.13. The Hall–Kier alpha value is -2.37. The van der Waals surface area contributed by atoms with Gasteiger partial charge in [0, 0.05) is 12.6 Å². The molecule has 2 unspecified atom stereocenters. The summed E-state index contributed by atoms with van der Waals surface area (Å²) < 4.78 is 5.20. The summed E-state index contributed by atoms with van der Waals surface area (Å²) in [5.41, 5.74) is 9.74. The minimum atomic E-state index is -0.234. The van der Waals surface area contributed by atoms with Gasteiger partial charge in [-0.1, -0.05) is 42.0 Å². The van der Waals surface area contributed by atoms with Crippen LogP contribution in [-0.2, 0) is 11.3 Å². The Balaban J connectivity index is 1.53. The molecule has 1 aliphatic rings. The number of rotatable bonds is 5. The zero-order valence-electron chi connectivity index (χ0n) is 14.0. The van der Waals surface area contributed by atoms with Crippen molar-refractivity contribution >= 4 is 5.91 Å². The van der Waals surface area contributed by atoms with Crippen molar-refractivity contribution in [2.75, 3.05) is 7.11 Å². The molecule has 1 heterocycles. The van der Waals surface area contributed by atoms with E-state index in [1.54, 1.807) is 7.11 Å². The van der Waals surface area contributed by atoms with E-state index in [1.807, 2.05) is 24.3 Å². The molecule has 5 nitrogen and oxygen atoms in total. The highest BCUT2D eigenvalue weighted by Gasteiger charge is 2.29. The lowest BCUT2D eigenvalue weighted by Gasteiger charge is -2.11. The van der Waals surface area contributed by atoms with E-state index in [2.05, 4.69) is 47.4 Å². The van der Waals surface area contributed by atoms with Crippen LogP contribution in [0, 0.1) is 6.92 Å². The maximum Gasteiger partial charge on any atom is 0.238 e. The number of methoxy groups -OCH3 is 1. The number of ether oxygens (including phenoxy) is 1. The molecular weight excluding hydrogens is 302 g/mol. The van der Waals surface area contributed by atoms with Crippen LogP contribution in [0.1, 0.15) is 29.2 Å². The van der Waals surface area contributed by atoms with Crippen molar-refractivity contribution in [3.63, 3.8) is 0 Å². The molecule has 0 aromatic heterocycles. The molecule has 1 amide bonds. The highest BCUT2D eigenvalue weighted by atomic mass is 16.5. The first-order valence-corrected chi connectivity index (χ1v) is 8.14. The standard InChI is InChI=1S/C19H23N3O2/c1-13-6-8-15(9-7-13)17-11-18(22-21-17)19(23)20-12-14-4-3-5-16(10-14)24-2/h3-10,17-18,21-22H,11-12H2,1-2H3,(H,20,23). The van der Waals surface area contributed by atoms with Gasteiger partial charge in [0.25, 0.3) is 0 Å². The summed E-state index contributed by atoms with van der Waals surface area (Å²) in [6.45, 7) is 2.56. The fraction of sp³-hybridized carbons (Fsp3) is 0.316. The molecule has 0 radical (unpaired) electrons. The van der Waals surface area contributed by atoms with Gasteiger partial charge in [-0.3, -0.25) is 4.79 Å². The van der Waals surface area contributed by atoms with Gasteiger partial charge in [-0.2, -0.15) is 0 Å². The topological polar surface area (TPSA) is 62.4 Å². The van der Waals surface area contributed by atoms with Crippen molar-refractivity contribution in [2.45, 2.75) is 32.0 Å². The molecule has 126 valence electrons. The van der Waals surface area contributed by atoms with Crippen molar-refractivity contribution in [1.82, 2.24) is 16.2 Å². The van der Waals surface area contributed by atoms with Gasteiger partial charge in [0.1, 0.15) is 11.8 Å². The zero-order chi connectivity index (χ0) is 16.9. The molecule has 3 rings (SSSR count). The van der Waals surface area contributed by atoms with Gasteiger partial charge >= 0.3 is 0 Å². The van der Waals surface area contributed by atoms with Crippen LogP contribution in [0.3, 0.4) is 0 Å². The molecule has 0 spiro atoms. The van der Waals surface area contributed by atoms with Crippen LogP contribution in [-0.4, -0.2) is 19.1 Å². The van der Waals surface area contributed by atoms with Crippen molar-refractivity contribution in [2.24, 2.45) is 0 Å².